The molecule has 2 aliphatic rings. The predicted molar refractivity (Wildman–Crippen MR) is 95.1 cm³/mol. The fourth-order valence-electron chi connectivity index (χ4n) is 3.28. The molecule has 1 amide bonds. The molecule has 1 fully saturated rings. The summed E-state index contributed by atoms with van der Waals surface area (Å²) < 4.78 is 12.9. The van der Waals surface area contributed by atoms with Gasteiger partial charge in [-0.3, -0.25) is 0 Å². The van der Waals surface area contributed by atoms with Gasteiger partial charge in [0.05, 0.1) is 10.4 Å². The van der Waals surface area contributed by atoms with Crippen LogP contribution in [-0.2, 0) is 15.1 Å². The minimum Gasteiger partial charge on any atom is -0.444 e. The van der Waals surface area contributed by atoms with Crippen LogP contribution in [0.2, 0.25) is 0 Å². The number of fused-ring (bicyclic) bond motifs is 2. The van der Waals surface area contributed by atoms with Crippen molar-refractivity contribution in [3.8, 4) is 0 Å². The molecule has 1 aromatic rings. The van der Waals surface area contributed by atoms with Crippen LogP contribution >= 0.6 is 27.3 Å². The number of thiophene rings is 1. The van der Waals surface area contributed by atoms with E-state index in [1.54, 1.807) is 16.2 Å². The fraction of sp³-hybridized carbons (Fsp3) is 0.706. The lowest BCUT2D eigenvalue weighted by Gasteiger charge is -2.45. The van der Waals surface area contributed by atoms with Gasteiger partial charge in [0, 0.05) is 23.9 Å². The number of rotatable bonds is 0. The van der Waals surface area contributed by atoms with Crippen LogP contribution < -0.4 is 0 Å². The maximum absolute atomic E-state index is 12.2. The number of amides is 1. The SMILES string of the molecule is C[C@@H]1COC2(CCN(C(=O)OC(C)(C)C)CC2)c2sc(Br)cc21. The smallest absolute Gasteiger partial charge is 0.410 e. The summed E-state index contributed by atoms with van der Waals surface area (Å²) >= 11 is 5.39. The Bertz CT molecular complexity index is 599. The topological polar surface area (TPSA) is 38.8 Å². The van der Waals surface area contributed by atoms with Crippen LogP contribution in [0.25, 0.3) is 0 Å². The number of ether oxygens (including phenoxy) is 2. The van der Waals surface area contributed by atoms with E-state index in [1.807, 2.05) is 20.8 Å². The maximum atomic E-state index is 12.2. The van der Waals surface area contributed by atoms with Crippen molar-refractivity contribution in [2.45, 2.75) is 57.7 Å². The van der Waals surface area contributed by atoms with Crippen molar-refractivity contribution in [3.05, 3.63) is 20.3 Å². The van der Waals surface area contributed by atoms with Gasteiger partial charge in [0.15, 0.2) is 0 Å². The highest BCUT2D eigenvalue weighted by Crippen LogP contribution is 2.49. The van der Waals surface area contributed by atoms with E-state index < -0.39 is 5.60 Å². The second-order valence-corrected chi connectivity index (χ2v) is 9.94. The van der Waals surface area contributed by atoms with E-state index in [-0.39, 0.29) is 11.7 Å². The highest BCUT2D eigenvalue weighted by molar-refractivity contribution is 9.11. The fourth-order valence-corrected chi connectivity index (χ4v) is 5.22. The minimum absolute atomic E-state index is 0.218. The number of halogens is 1. The molecular weight excluding hydrogens is 378 g/mol. The number of carbonyl (C=O) groups is 1. The van der Waals surface area contributed by atoms with Crippen LogP contribution in [0.3, 0.4) is 0 Å². The number of carbonyl (C=O) groups excluding carboxylic acids is 1. The molecule has 0 unspecified atom stereocenters. The molecule has 4 nitrogen and oxygen atoms in total. The molecule has 0 bridgehead atoms. The quantitative estimate of drug-likeness (QED) is 0.622. The van der Waals surface area contributed by atoms with Crippen molar-refractivity contribution in [3.63, 3.8) is 0 Å². The summed E-state index contributed by atoms with van der Waals surface area (Å²) in [7, 11) is 0. The highest BCUT2D eigenvalue weighted by atomic mass is 79.9. The summed E-state index contributed by atoms with van der Waals surface area (Å²) in [6.07, 6.45) is 1.45. The van der Waals surface area contributed by atoms with E-state index >= 15 is 0 Å². The number of piperidine rings is 1. The van der Waals surface area contributed by atoms with Crippen LogP contribution in [0.5, 0.6) is 0 Å². The normalized spacial score (nSPS) is 23.7. The minimum atomic E-state index is -0.450. The van der Waals surface area contributed by atoms with E-state index in [1.165, 1.54) is 10.4 Å². The number of hydrogen-bond acceptors (Lipinski definition) is 4. The summed E-state index contributed by atoms with van der Waals surface area (Å²) in [5, 5.41) is 0. The van der Waals surface area contributed by atoms with Crippen LogP contribution in [0.4, 0.5) is 4.79 Å². The first-order valence-corrected chi connectivity index (χ1v) is 9.73. The highest BCUT2D eigenvalue weighted by Gasteiger charge is 2.45. The monoisotopic (exact) mass is 401 g/mol. The Labute approximate surface area is 150 Å². The van der Waals surface area contributed by atoms with E-state index in [9.17, 15) is 4.79 Å². The van der Waals surface area contributed by atoms with Gasteiger partial charge >= 0.3 is 6.09 Å². The van der Waals surface area contributed by atoms with E-state index in [4.69, 9.17) is 9.47 Å². The standard InChI is InChI=1S/C17H24BrNO3S/c1-11-10-21-17(14-12(11)9-13(18)23-14)5-7-19(8-6-17)15(20)22-16(2,3)4/h9,11H,5-8,10H2,1-4H3/t11-/m1/s1. The Morgan fingerprint density at radius 3 is 2.70 bits per heavy atom. The largest absolute Gasteiger partial charge is 0.444 e. The molecule has 3 rings (SSSR count). The molecule has 0 radical (unpaired) electrons. The molecular formula is C17H24BrNO3S. The van der Waals surface area contributed by atoms with Crippen LogP contribution in [0, 0.1) is 0 Å². The lowest BCUT2D eigenvalue weighted by molar-refractivity contribution is -0.101. The number of likely N-dealkylation sites (tertiary alicyclic amines) is 1. The van der Waals surface area contributed by atoms with Gasteiger partial charge in [0.1, 0.15) is 11.2 Å². The molecule has 1 saturated heterocycles. The van der Waals surface area contributed by atoms with Gasteiger partial charge in [-0.05, 0) is 61.2 Å². The third-order valence-corrected chi connectivity index (χ3v) is 6.35. The molecule has 1 atom stereocenters. The summed E-state index contributed by atoms with van der Waals surface area (Å²) in [6, 6.07) is 2.23. The Morgan fingerprint density at radius 2 is 2.09 bits per heavy atom. The van der Waals surface area contributed by atoms with Gasteiger partial charge in [0.25, 0.3) is 0 Å². The van der Waals surface area contributed by atoms with E-state index in [0.29, 0.717) is 19.0 Å². The molecule has 0 saturated carbocycles. The van der Waals surface area contributed by atoms with Crippen LogP contribution in [-0.4, -0.2) is 36.3 Å². The molecule has 2 aliphatic heterocycles. The van der Waals surface area contributed by atoms with Crippen molar-refractivity contribution in [2.75, 3.05) is 19.7 Å². The Morgan fingerprint density at radius 1 is 1.43 bits per heavy atom. The molecule has 23 heavy (non-hydrogen) atoms. The second kappa shape index (κ2) is 6.05. The summed E-state index contributed by atoms with van der Waals surface area (Å²) in [5.41, 5.74) is 0.727. The van der Waals surface area contributed by atoms with E-state index in [2.05, 4.69) is 28.9 Å². The van der Waals surface area contributed by atoms with Gasteiger partial charge in [-0.15, -0.1) is 11.3 Å². The van der Waals surface area contributed by atoms with Gasteiger partial charge in [-0.1, -0.05) is 6.92 Å². The van der Waals surface area contributed by atoms with Crippen molar-refractivity contribution in [1.29, 1.82) is 0 Å². The Hall–Kier alpha value is -0.590. The van der Waals surface area contributed by atoms with Crippen molar-refractivity contribution in [1.82, 2.24) is 4.90 Å². The lowest BCUT2D eigenvalue weighted by atomic mass is 9.83. The van der Waals surface area contributed by atoms with Crippen LogP contribution in [0.15, 0.2) is 9.85 Å². The average Bonchev–Trinajstić information content (AvgIpc) is 2.86. The molecule has 1 spiro atoms. The molecule has 0 N–H and O–H groups in total. The molecule has 0 aliphatic carbocycles. The average molecular weight is 402 g/mol. The summed E-state index contributed by atoms with van der Waals surface area (Å²) in [6.45, 7) is 10.0. The van der Waals surface area contributed by atoms with Gasteiger partial charge in [-0.2, -0.15) is 0 Å². The lowest BCUT2D eigenvalue weighted by Crippen LogP contribution is -2.49. The molecule has 1 aromatic heterocycles. The first-order valence-electron chi connectivity index (χ1n) is 8.12. The van der Waals surface area contributed by atoms with Gasteiger partial charge < -0.3 is 14.4 Å². The predicted octanol–water partition coefficient (Wildman–Crippen LogP) is 4.87. The van der Waals surface area contributed by atoms with Crippen molar-refractivity contribution in [2.24, 2.45) is 0 Å². The van der Waals surface area contributed by atoms with E-state index in [0.717, 1.165) is 23.2 Å². The van der Waals surface area contributed by atoms with Gasteiger partial charge in [0.2, 0.25) is 0 Å². The number of hydrogen-bond donors (Lipinski definition) is 0. The van der Waals surface area contributed by atoms with Crippen molar-refractivity contribution >= 4 is 33.4 Å². The molecule has 0 aromatic carbocycles. The summed E-state index contributed by atoms with van der Waals surface area (Å²) in [5.74, 6) is 0.432. The van der Waals surface area contributed by atoms with Gasteiger partial charge in [-0.25, -0.2) is 4.79 Å². The zero-order valence-corrected chi connectivity index (χ0v) is 16.6. The maximum Gasteiger partial charge on any atom is 0.410 e. The Kier molecular flexibility index (Phi) is 4.53. The third-order valence-electron chi connectivity index (χ3n) is 4.51. The first-order chi connectivity index (χ1) is 10.7. The van der Waals surface area contributed by atoms with Crippen LogP contribution in [0.1, 0.15) is 56.9 Å². The molecule has 6 heteroatoms. The second-order valence-electron chi connectivity index (χ2n) is 7.51. The summed E-state index contributed by atoms with van der Waals surface area (Å²) in [4.78, 5) is 15.4. The first kappa shape index (κ1) is 17.2. The third kappa shape index (κ3) is 3.44. The molecule has 128 valence electrons. The zero-order valence-electron chi connectivity index (χ0n) is 14.1. The zero-order chi connectivity index (χ0) is 16.8. The number of nitrogens with zero attached hydrogens (tertiary/aromatic N) is 1. The molecule has 3 heterocycles. The van der Waals surface area contributed by atoms with Crippen molar-refractivity contribution < 1.29 is 14.3 Å². The Balaban J connectivity index is 1.74.